The summed E-state index contributed by atoms with van der Waals surface area (Å²) in [5.74, 6) is 2.55. The quantitative estimate of drug-likeness (QED) is 0.694. The highest BCUT2D eigenvalue weighted by molar-refractivity contribution is 6.48. The second-order valence-corrected chi connectivity index (χ2v) is 4.28. The minimum absolute atomic E-state index is 0.111. The van der Waals surface area contributed by atoms with E-state index in [1.54, 1.807) is 0 Å². The molecule has 1 aliphatic heterocycles. The van der Waals surface area contributed by atoms with Crippen LogP contribution in [0.4, 0.5) is 0 Å². The lowest BCUT2D eigenvalue weighted by atomic mass is 9.84. The van der Waals surface area contributed by atoms with Crippen LogP contribution in [-0.4, -0.2) is 19.2 Å². The molecule has 3 fully saturated rings. The van der Waals surface area contributed by atoms with Crippen LogP contribution < -0.4 is 5.23 Å². The zero-order valence-electron chi connectivity index (χ0n) is 9.26. The molecule has 1 saturated heterocycles. The van der Waals surface area contributed by atoms with Crippen molar-refractivity contribution in [2.24, 2.45) is 0 Å². The van der Waals surface area contributed by atoms with Crippen LogP contribution in [0.5, 0.6) is 0 Å². The van der Waals surface area contributed by atoms with Crippen LogP contribution in [0.3, 0.4) is 0 Å². The van der Waals surface area contributed by atoms with Crippen molar-refractivity contribution in [3.05, 3.63) is 63.2 Å². The van der Waals surface area contributed by atoms with Crippen molar-refractivity contribution in [2.45, 2.75) is 19.0 Å². The first kappa shape index (κ1) is 11.1. The van der Waals surface area contributed by atoms with Gasteiger partial charge in [0.2, 0.25) is 0 Å². The van der Waals surface area contributed by atoms with E-state index < -0.39 is 0 Å². The summed E-state index contributed by atoms with van der Waals surface area (Å²) in [5.41, 5.74) is 0. The van der Waals surface area contributed by atoms with E-state index in [1.807, 2.05) is 0 Å². The van der Waals surface area contributed by atoms with Gasteiger partial charge >= 0.3 is 7.05 Å². The number of hydrogen-bond donors (Lipinski definition) is 1. The van der Waals surface area contributed by atoms with E-state index in [0.29, 0.717) is 0 Å². The van der Waals surface area contributed by atoms with Crippen LogP contribution in [0.1, 0.15) is 0 Å². The molecular formula is C13H14BNO. The molecule has 3 heteroatoms. The first-order chi connectivity index (χ1) is 7.84. The van der Waals surface area contributed by atoms with Crippen molar-refractivity contribution >= 4 is 7.05 Å². The molecule has 2 aliphatic carbocycles. The standard InChI is InChI=1S/C13H14BNO/c1-14-15-12(10-6-2-3-7-10)13(16-14)11-8-4-5-9-11/h2-9,12-13,15H,1H3/t12-,13+/m1/s1. The molecule has 0 aromatic heterocycles. The Kier molecular flexibility index (Phi) is 3.26. The fourth-order valence-corrected chi connectivity index (χ4v) is 2.39. The predicted octanol–water partition coefficient (Wildman–Crippen LogP) is 1.27. The van der Waals surface area contributed by atoms with E-state index in [0.717, 1.165) is 0 Å². The maximum absolute atomic E-state index is 5.93. The number of hydrogen-bond acceptors (Lipinski definition) is 2. The third-order valence-electron chi connectivity index (χ3n) is 3.13. The Morgan fingerprint density at radius 2 is 1.56 bits per heavy atom. The summed E-state index contributed by atoms with van der Waals surface area (Å²) in [4.78, 5) is 0. The minimum atomic E-state index is 0.111. The smallest absolute Gasteiger partial charge is 0.376 e. The molecule has 0 bridgehead atoms. The topological polar surface area (TPSA) is 21.3 Å². The van der Waals surface area contributed by atoms with Crippen LogP contribution in [0.15, 0.2) is 0 Å². The Morgan fingerprint density at radius 1 is 1.00 bits per heavy atom. The van der Waals surface area contributed by atoms with Crippen LogP contribution in [0.25, 0.3) is 0 Å². The summed E-state index contributed by atoms with van der Waals surface area (Å²) in [6, 6.07) is 0.271. The van der Waals surface area contributed by atoms with E-state index in [1.165, 1.54) is 11.8 Å². The third kappa shape index (κ3) is 2.04. The molecular weight excluding hydrogens is 197 g/mol. The highest BCUT2D eigenvalue weighted by Crippen LogP contribution is 2.38. The summed E-state index contributed by atoms with van der Waals surface area (Å²) < 4.78 is 5.93. The zero-order chi connectivity index (χ0) is 11.0. The Hall–Kier alpha value is -0.0151. The largest absolute Gasteiger partial charge is 0.417 e. The van der Waals surface area contributed by atoms with Crippen molar-refractivity contribution < 1.29 is 4.65 Å². The predicted molar refractivity (Wildman–Crippen MR) is 64.3 cm³/mol. The summed E-state index contributed by atoms with van der Waals surface area (Å²) in [5, 5.41) is 3.47. The first-order valence-electron chi connectivity index (χ1n) is 5.69. The molecule has 2 atom stereocenters. The van der Waals surface area contributed by atoms with Crippen molar-refractivity contribution in [1.82, 2.24) is 5.23 Å². The van der Waals surface area contributed by atoms with Gasteiger partial charge in [0.25, 0.3) is 0 Å². The van der Waals surface area contributed by atoms with E-state index in [-0.39, 0.29) is 19.2 Å². The normalized spacial score (nSPS) is 37.7. The van der Waals surface area contributed by atoms with Gasteiger partial charge in [-0.15, -0.1) is 0 Å². The Morgan fingerprint density at radius 3 is 2.19 bits per heavy atom. The fourth-order valence-electron chi connectivity index (χ4n) is 2.39. The fraction of sp³-hybridized carbons (Fsp3) is 0.231. The third-order valence-corrected chi connectivity index (χ3v) is 3.13. The zero-order valence-corrected chi connectivity index (χ0v) is 9.26. The van der Waals surface area contributed by atoms with Crippen LogP contribution in [0, 0.1) is 63.2 Å². The van der Waals surface area contributed by atoms with Crippen LogP contribution in [0.2, 0.25) is 6.82 Å². The molecule has 3 aliphatic rings. The minimum Gasteiger partial charge on any atom is -0.417 e. The molecule has 0 unspecified atom stereocenters. The van der Waals surface area contributed by atoms with E-state index in [2.05, 4.69) is 63.4 Å². The highest BCUT2D eigenvalue weighted by atomic mass is 16.5. The summed E-state index contributed by atoms with van der Waals surface area (Å²) in [6.07, 6.45) is 16.9. The van der Waals surface area contributed by atoms with Gasteiger partial charge in [-0.25, -0.2) is 0 Å². The lowest BCUT2D eigenvalue weighted by Crippen LogP contribution is -2.40. The Balaban J connectivity index is 1.68. The molecule has 1 heterocycles. The van der Waals surface area contributed by atoms with Crippen LogP contribution >= 0.6 is 0 Å². The van der Waals surface area contributed by atoms with Gasteiger partial charge in [-0.2, -0.15) is 0 Å². The van der Waals surface area contributed by atoms with Gasteiger partial charge < -0.3 is 9.88 Å². The monoisotopic (exact) mass is 211 g/mol. The van der Waals surface area contributed by atoms with Gasteiger partial charge in [-0.3, -0.25) is 0 Å². The van der Waals surface area contributed by atoms with Crippen LogP contribution in [-0.2, 0) is 4.65 Å². The van der Waals surface area contributed by atoms with Gasteiger partial charge in [-0.1, -0.05) is 0 Å². The number of nitrogens with one attached hydrogen (secondary N) is 1. The lowest BCUT2D eigenvalue weighted by molar-refractivity contribution is 0.240. The number of rotatable bonds is 2. The summed E-state index contributed by atoms with van der Waals surface area (Å²) in [7, 11) is 0.111. The molecule has 10 radical (unpaired) electrons. The van der Waals surface area contributed by atoms with Gasteiger partial charge in [0, 0.05) is 17.9 Å². The van der Waals surface area contributed by atoms with E-state index >= 15 is 0 Å². The lowest BCUT2D eigenvalue weighted by Gasteiger charge is -2.27. The van der Waals surface area contributed by atoms with E-state index in [4.69, 9.17) is 4.65 Å². The molecule has 80 valence electrons. The molecule has 1 N–H and O–H groups in total. The second-order valence-electron chi connectivity index (χ2n) is 4.28. The van der Waals surface area contributed by atoms with Gasteiger partial charge in [0.15, 0.2) is 0 Å². The first-order valence-corrected chi connectivity index (χ1v) is 5.69. The van der Waals surface area contributed by atoms with Crippen molar-refractivity contribution in [2.75, 3.05) is 0 Å². The Labute approximate surface area is 99.6 Å². The molecule has 16 heavy (non-hydrogen) atoms. The maximum atomic E-state index is 5.93. The molecule has 3 rings (SSSR count). The molecule has 0 aromatic carbocycles. The van der Waals surface area contributed by atoms with E-state index in [9.17, 15) is 0 Å². The molecule has 0 spiro atoms. The average Bonchev–Trinajstić information content (AvgIpc) is 2.98. The molecule has 2 nitrogen and oxygen atoms in total. The van der Waals surface area contributed by atoms with Gasteiger partial charge in [-0.05, 0) is 58.2 Å². The SMILES string of the molecule is CB1N[C@H]([C]2[CH][CH][CH][CH]2)[C@H]([C]2[CH][CH][CH][CH]2)O1. The maximum Gasteiger partial charge on any atom is 0.376 e. The van der Waals surface area contributed by atoms with Gasteiger partial charge in [0.05, 0.1) is 6.10 Å². The highest BCUT2D eigenvalue weighted by Gasteiger charge is 2.45. The molecule has 0 aromatic rings. The van der Waals surface area contributed by atoms with Crippen molar-refractivity contribution in [3.8, 4) is 0 Å². The second kappa shape index (κ2) is 4.69. The summed E-state index contributed by atoms with van der Waals surface area (Å²) >= 11 is 0. The van der Waals surface area contributed by atoms with Gasteiger partial charge in [0.1, 0.15) is 0 Å². The summed E-state index contributed by atoms with van der Waals surface area (Å²) in [6.45, 7) is 2.05. The molecule has 2 saturated carbocycles. The van der Waals surface area contributed by atoms with Crippen molar-refractivity contribution in [1.29, 1.82) is 0 Å². The molecule has 0 amide bonds. The van der Waals surface area contributed by atoms with Crippen molar-refractivity contribution in [3.63, 3.8) is 0 Å². The Bertz CT molecular complexity index is 212. The average molecular weight is 211 g/mol.